The maximum absolute atomic E-state index is 10.7. The van der Waals surface area contributed by atoms with E-state index in [2.05, 4.69) is 21.3 Å². The van der Waals surface area contributed by atoms with Gasteiger partial charge in [-0.05, 0) is 23.4 Å². The monoisotopic (exact) mass is 284 g/mol. The average molecular weight is 285 g/mol. The highest BCUT2D eigenvalue weighted by Gasteiger charge is 2.21. The molecule has 0 fully saturated rings. The highest BCUT2D eigenvalue weighted by molar-refractivity contribution is 7.17. The first kappa shape index (κ1) is 11.2. The van der Waals surface area contributed by atoms with Gasteiger partial charge >= 0.3 is 0 Å². The Morgan fingerprint density at radius 2 is 2.41 bits per heavy atom. The number of nitrogens with zero attached hydrogens (tertiary/aromatic N) is 2. The number of rotatable bonds is 2. The Morgan fingerprint density at radius 1 is 1.53 bits per heavy atom. The number of aromatic nitrogens is 1. The molecular weight excluding hydrogens is 276 g/mol. The number of anilines is 1. The number of carbonyl (C=O) groups is 1. The van der Waals surface area contributed by atoms with Gasteiger partial charge in [0.25, 0.3) is 0 Å². The van der Waals surface area contributed by atoms with Gasteiger partial charge in [-0.3, -0.25) is 4.79 Å². The van der Waals surface area contributed by atoms with Crippen LogP contribution in [0, 0.1) is 0 Å². The summed E-state index contributed by atoms with van der Waals surface area (Å²) in [6.07, 6.45) is 1.81. The maximum Gasteiger partial charge on any atom is 0.187 e. The number of carbonyl (C=O) groups excluding carboxylic acids is 1. The van der Waals surface area contributed by atoms with Gasteiger partial charge in [-0.15, -0.1) is 11.3 Å². The van der Waals surface area contributed by atoms with Crippen LogP contribution in [-0.2, 0) is 13.0 Å². The van der Waals surface area contributed by atoms with E-state index in [1.165, 1.54) is 21.8 Å². The van der Waals surface area contributed by atoms with E-state index in [-0.39, 0.29) is 0 Å². The normalized spacial score (nSPS) is 14.8. The third-order valence-electron chi connectivity index (χ3n) is 2.78. The van der Waals surface area contributed by atoms with Crippen molar-refractivity contribution >= 4 is 45.7 Å². The van der Waals surface area contributed by atoms with Gasteiger partial charge in [-0.1, -0.05) is 22.9 Å². The SMILES string of the molecule is O=Cc1sc(N2CCc3sccc3C2)nc1Cl. The van der Waals surface area contributed by atoms with Crippen molar-refractivity contribution < 1.29 is 4.79 Å². The van der Waals surface area contributed by atoms with Crippen LogP contribution in [0.3, 0.4) is 0 Å². The summed E-state index contributed by atoms with van der Waals surface area (Å²) < 4.78 is 0. The lowest BCUT2D eigenvalue weighted by Gasteiger charge is -2.26. The van der Waals surface area contributed by atoms with Crippen LogP contribution in [0.5, 0.6) is 0 Å². The Kier molecular flexibility index (Phi) is 2.90. The lowest BCUT2D eigenvalue weighted by molar-refractivity contribution is 0.112. The lowest BCUT2D eigenvalue weighted by atomic mass is 10.1. The van der Waals surface area contributed by atoms with E-state index in [1.54, 1.807) is 0 Å². The zero-order valence-electron chi connectivity index (χ0n) is 8.85. The fourth-order valence-electron chi connectivity index (χ4n) is 1.92. The zero-order chi connectivity index (χ0) is 11.8. The molecule has 3 nitrogen and oxygen atoms in total. The first-order valence-corrected chi connectivity index (χ1v) is 7.27. The second-order valence-corrected chi connectivity index (χ2v) is 6.18. The molecule has 0 bridgehead atoms. The molecule has 2 aromatic rings. The van der Waals surface area contributed by atoms with Crippen molar-refractivity contribution in [2.45, 2.75) is 13.0 Å². The average Bonchev–Trinajstić information content (AvgIpc) is 2.93. The van der Waals surface area contributed by atoms with Crippen LogP contribution in [-0.4, -0.2) is 17.8 Å². The van der Waals surface area contributed by atoms with E-state index < -0.39 is 0 Å². The molecule has 0 N–H and O–H groups in total. The van der Waals surface area contributed by atoms with Crippen molar-refractivity contribution in [3.05, 3.63) is 31.9 Å². The van der Waals surface area contributed by atoms with E-state index in [9.17, 15) is 4.79 Å². The minimum Gasteiger partial charge on any atom is -0.343 e. The summed E-state index contributed by atoms with van der Waals surface area (Å²) >= 11 is 9.06. The van der Waals surface area contributed by atoms with Gasteiger partial charge < -0.3 is 4.90 Å². The lowest BCUT2D eigenvalue weighted by Crippen LogP contribution is -2.29. The molecule has 88 valence electrons. The first-order chi connectivity index (χ1) is 8.28. The van der Waals surface area contributed by atoms with Gasteiger partial charge in [-0.25, -0.2) is 4.98 Å². The molecule has 0 aromatic carbocycles. The second-order valence-electron chi connectivity index (χ2n) is 3.81. The van der Waals surface area contributed by atoms with Crippen LogP contribution < -0.4 is 4.90 Å². The van der Waals surface area contributed by atoms with Gasteiger partial charge in [0.1, 0.15) is 4.88 Å². The molecule has 1 aliphatic heterocycles. The molecule has 0 aliphatic carbocycles. The van der Waals surface area contributed by atoms with Crippen molar-refractivity contribution in [2.75, 3.05) is 11.4 Å². The van der Waals surface area contributed by atoms with Crippen LogP contribution in [0.4, 0.5) is 5.13 Å². The first-order valence-electron chi connectivity index (χ1n) is 5.19. The molecule has 0 unspecified atom stereocenters. The zero-order valence-corrected chi connectivity index (χ0v) is 11.2. The highest BCUT2D eigenvalue weighted by atomic mass is 35.5. The fourth-order valence-corrected chi connectivity index (χ4v) is 3.90. The Labute approximate surface area is 112 Å². The summed E-state index contributed by atoms with van der Waals surface area (Å²) in [6.45, 7) is 1.80. The summed E-state index contributed by atoms with van der Waals surface area (Å²) in [6, 6.07) is 2.15. The van der Waals surface area contributed by atoms with E-state index in [0.717, 1.165) is 30.9 Å². The van der Waals surface area contributed by atoms with E-state index >= 15 is 0 Å². The standard InChI is InChI=1S/C11H9ClN2OS2/c12-10-9(6-15)17-11(13-10)14-3-1-8-7(5-14)2-4-16-8/h2,4,6H,1,3,5H2. The smallest absolute Gasteiger partial charge is 0.187 e. The van der Waals surface area contributed by atoms with E-state index in [4.69, 9.17) is 11.6 Å². The summed E-state index contributed by atoms with van der Waals surface area (Å²) in [5, 5.41) is 3.28. The minimum atomic E-state index is 0.316. The van der Waals surface area contributed by atoms with E-state index in [1.807, 2.05) is 11.3 Å². The molecule has 0 spiro atoms. The second kappa shape index (κ2) is 4.40. The number of thiophene rings is 1. The molecule has 3 rings (SSSR count). The van der Waals surface area contributed by atoms with Crippen molar-refractivity contribution in [3.8, 4) is 0 Å². The molecule has 3 heterocycles. The van der Waals surface area contributed by atoms with Gasteiger partial charge in [0.2, 0.25) is 0 Å². The molecular formula is C11H9ClN2OS2. The largest absolute Gasteiger partial charge is 0.343 e. The van der Waals surface area contributed by atoms with Crippen molar-refractivity contribution in [2.24, 2.45) is 0 Å². The molecule has 17 heavy (non-hydrogen) atoms. The fraction of sp³-hybridized carbons (Fsp3) is 0.273. The Balaban J connectivity index is 1.88. The van der Waals surface area contributed by atoms with Crippen LogP contribution in [0.15, 0.2) is 11.4 Å². The number of aldehydes is 1. The van der Waals surface area contributed by atoms with Gasteiger partial charge in [0, 0.05) is 18.0 Å². The number of thiazole rings is 1. The van der Waals surface area contributed by atoms with Gasteiger partial charge in [-0.2, -0.15) is 0 Å². The molecule has 0 amide bonds. The third-order valence-corrected chi connectivity index (χ3v) is 5.25. The van der Waals surface area contributed by atoms with Crippen LogP contribution >= 0.6 is 34.3 Å². The topological polar surface area (TPSA) is 33.2 Å². The number of halogens is 1. The van der Waals surface area contributed by atoms with Crippen LogP contribution in [0.1, 0.15) is 20.1 Å². The summed E-state index contributed by atoms with van der Waals surface area (Å²) in [4.78, 5) is 19.1. The number of hydrogen-bond acceptors (Lipinski definition) is 5. The highest BCUT2D eigenvalue weighted by Crippen LogP contribution is 2.32. The predicted octanol–water partition coefficient (Wildman–Crippen LogP) is 3.23. The quantitative estimate of drug-likeness (QED) is 0.794. The number of hydrogen-bond donors (Lipinski definition) is 0. The molecule has 0 saturated heterocycles. The Morgan fingerprint density at radius 3 is 3.18 bits per heavy atom. The molecule has 0 atom stereocenters. The summed E-state index contributed by atoms with van der Waals surface area (Å²) in [5.41, 5.74) is 1.36. The minimum absolute atomic E-state index is 0.316. The van der Waals surface area contributed by atoms with Crippen molar-refractivity contribution in [1.82, 2.24) is 4.98 Å². The number of fused-ring (bicyclic) bond motifs is 1. The predicted molar refractivity (Wildman–Crippen MR) is 71.6 cm³/mol. The van der Waals surface area contributed by atoms with Crippen LogP contribution in [0.25, 0.3) is 0 Å². The summed E-state index contributed by atoms with van der Waals surface area (Å²) in [5.74, 6) is 0. The molecule has 0 radical (unpaired) electrons. The van der Waals surface area contributed by atoms with Crippen LogP contribution in [0.2, 0.25) is 5.15 Å². The van der Waals surface area contributed by atoms with Crippen molar-refractivity contribution in [3.63, 3.8) is 0 Å². The summed E-state index contributed by atoms with van der Waals surface area (Å²) in [7, 11) is 0. The van der Waals surface area contributed by atoms with Gasteiger partial charge in [0.15, 0.2) is 16.6 Å². The van der Waals surface area contributed by atoms with Gasteiger partial charge in [0.05, 0.1) is 0 Å². The molecule has 0 saturated carbocycles. The molecule has 2 aromatic heterocycles. The van der Waals surface area contributed by atoms with E-state index in [0.29, 0.717) is 10.0 Å². The molecule has 1 aliphatic rings. The Bertz CT molecular complexity index is 564. The Hall–Kier alpha value is -0.910. The van der Waals surface area contributed by atoms with Crippen molar-refractivity contribution in [1.29, 1.82) is 0 Å². The third kappa shape index (κ3) is 1.99. The molecule has 6 heteroatoms. The maximum atomic E-state index is 10.7.